The van der Waals surface area contributed by atoms with Crippen molar-refractivity contribution in [3.05, 3.63) is 77.2 Å². The van der Waals surface area contributed by atoms with E-state index in [-0.39, 0.29) is 24.4 Å². The highest BCUT2D eigenvalue weighted by molar-refractivity contribution is 6.03. The van der Waals surface area contributed by atoms with Gasteiger partial charge < -0.3 is 14.9 Å². The number of aliphatic hydroxyl groups is 1. The van der Waals surface area contributed by atoms with Gasteiger partial charge in [0.25, 0.3) is 0 Å². The lowest BCUT2D eigenvalue weighted by Gasteiger charge is -2.32. The molecule has 1 fully saturated rings. The van der Waals surface area contributed by atoms with Crippen LogP contribution in [0.5, 0.6) is 0 Å². The van der Waals surface area contributed by atoms with E-state index in [4.69, 9.17) is 0 Å². The Bertz CT molecular complexity index is 1390. The maximum atomic E-state index is 13.8. The summed E-state index contributed by atoms with van der Waals surface area (Å²) < 4.78 is 94.8. The molecule has 0 radical (unpaired) electrons. The number of carbonyl (C=O) groups is 1. The summed E-state index contributed by atoms with van der Waals surface area (Å²) in [6.07, 6.45) is -7.20. The van der Waals surface area contributed by atoms with Crippen LogP contribution >= 0.6 is 0 Å². The van der Waals surface area contributed by atoms with Crippen molar-refractivity contribution in [1.82, 2.24) is 4.98 Å². The fourth-order valence-electron chi connectivity index (χ4n) is 5.02. The summed E-state index contributed by atoms with van der Waals surface area (Å²) in [7, 11) is 1.35. The van der Waals surface area contributed by atoms with Crippen LogP contribution in [-0.2, 0) is 22.6 Å². The number of rotatable bonds is 6. The Morgan fingerprint density at radius 2 is 1.54 bits per heavy atom. The highest BCUT2D eigenvalue weighted by Gasteiger charge is 2.41. The van der Waals surface area contributed by atoms with Crippen molar-refractivity contribution in [1.29, 1.82) is 0 Å². The molecule has 1 amide bonds. The van der Waals surface area contributed by atoms with Gasteiger partial charge in [-0.15, -0.1) is 0 Å². The Hall–Kier alpha value is -3.67. The number of aromatic nitrogens is 1. The second-order valence-corrected chi connectivity index (χ2v) is 10.5. The van der Waals surface area contributed by atoms with Crippen LogP contribution in [0.2, 0.25) is 0 Å². The second kappa shape index (κ2) is 11.0. The number of likely N-dealkylation sites (N-methyl/N-ethyl adjacent to an activating group) is 1. The van der Waals surface area contributed by atoms with E-state index in [2.05, 4.69) is 4.98 Å². The molecule has 1 saturated heterocycles. The number of carbonyl (C=O) groups excluding carboxylic acids is 1. The zero-order valence-electron chi connectivity index (χ0n) is 22.4. The van der Waals surface area contributed by atoms with Crippen LogP contribution in [0.1, 0.15) is 43.4 Å². The van der Waals surface area contributed by atoms with E-state index in [9.17, 15) is 40.6 Å². The van der Waals surface area contributed by atoms with E-state index in [1.807, 2.05) is 4.90 Å². The fraction of sp³-hybridized carbons (Fsp3) is 0.379. The average Bonchev–Trinajstić information content (AvgIpc) is 3.40. The minimum atomic E-state index is -5.07. The molecule has 220 valence electrons. The third kappa shape index (κ3) is 6.17. The van der Waals surface area contributed by atoms with Crippen LogP contribution in [0.4, 0.5) is 42.2 Å². The predicted molar refractivity (Wildman–Crippen MR) is 140 cm³/mol. The first-order valence-corrected chi connectivity index (χ1v) is 12.8. The standard InChI is InChI=1S/C29H28F7N3O2/c1-27(2,18-11-19(28(31,32)33)13-20(12-18)29(34,35)36)26(41)38(3)24-15-37-25(39-10-4-5-22(39)16-40)14-23(24)17-6-8-21(30)9-7-17/h6-9,11-15,22,40H,4-5,10,16H2,1-3H3. The number of amides is 1. The van der Waals surface area contributed by atoms with Gasteiger partial charge in [0.15, 0.2) is 0 Å². The minimum Gasteiger partial charge on any atom is -0.394 e. The Morgan fingerprint density at radius 1 is 0.976 bits per heavy atom. The monoisotopic (exact) mass is 583 g/mol. The predicted octanol–water partition coefficient (Wildman–Crippen LogP) is 6.83. The third-order valence-electron chi connectivity index (χ3n) is 7.42. The first kappa shape index (κ1) is 30.3. The summed E-state index contributed by atoms with van der Waals surface area (Å²) >= 11 is 0. The highest BCUT2D eigenvalue weighted by atomic mass is 19.4. The van der Waals surface area contributed by atoms with E-state index in [0.29, 0.717) is 35.6 Å². The summed E-state index contributed by atoms with van der Waals surface area (Å²) in [5, 5.41) is 9.76. The summed E-state index contributed by atoms with van der Waals surface area (Å²) in [5.41, 5.74) is -4.19. The van der Waals surface area contributed by atoms with Gasteiger partial charge in [-0.3, -0.25) is 4.79 Å². The fourth-order valence-corrected chi connectivity index (χ4v) is 5.02. The molecule has 3 aromatic rings. The number of aliphatic hydroxyl groups excluding tert-OH is 1. The molecule has 1 atom stereocenters. The molecule has 0 bridgehead atoms. The van der Waals surface area contributed by atoms with Gasteiger partial charge in [-0.1, -0.05) is 12.1 Å². The van der Waals surface area contributed by atoms with Gasteiger partial charge in [-0.2, -0.15) is 26.3 Å². The van der Waals surface area contributed by atoms with Gasteiger partial charge in [0.05, 0.1) is 41.1 Å². The van der Waals surface area contributed by atoms with Gasteiger partial charge in [0, 0.05) is 19.2 Å². The van der Waals surface area contributed by atoms with Crippen molar-refractivity contribution in [2.24, 2.45) is 0 Å². The van der Waals surface area contributed by atoms with Gasteiger partial charge in [-0.25, -0.2) is 9.37 Å². The van der Waals surface area contributed by atoms with Gasteiger partial charge in [0.1, 0.15) is 11.6 Å². The number of alkyl halides is 6. The van der Waals surface area contributed by atoms with E-state index in [1.165, 1.54) is 51.4 Å². The molecule has 2 heterocycles. The molecule has 41 heavy (non-hydrogen) atoms. The SMILES string of the molecule is CN(C(=O)C(C)(C)c1cc(C(F)(F)F)cc(C(F)(F)F)c1)c1cnc(N2CCCC2CO)cc1-c1ccc(F)cc1. The lowest BCUT2D eigenvalue weighted by molar-refractivity contribution is -0.143. The molecular weight excluding hydrogens is 555 g/mol. The lowest BCUT2D eigenvalue weighted by atomic mass is 9.81. The largest absolute Gasteiger partial charge is 0.416 e. The molecule has 1 N–H and O–H groups in total. The number of halogens is 7. The van der Waals surface area contributed by atoms with Crippen LogP contribution < -0.4 is 9.80 Å². The van der Waals surface area contributed by atoms with Crippen molar-refractivity contribution in [2.75, 3.05) is 30.0 Å². The van der Waals surface area contributed by atoms with Crippen LogP contribution in [0.3, 0.4) is 0 Å². The zero-order valence-corrected chi connectivity index (χ0v) is 22.4. The minimum absolute atomic E-state index is 0.0149. The smallest absolute Gasteiger partial charge is 0.394 e. The second-order valence-electron chi connectivity index (χ2n) is 10.5. The number of nitrogens with zero attached hydrogens (tertiary/aromatic N) is 3. The molecule has 1 aromatic heterocycles. The first-order valence-electron chi connectivity index (χ1n) is 12.8. The molecule has 0 aliphatic carbocycles. The van der Waals surface area contributed by atoms with E-state index >= 15 is 0 Å². The quantitative estimate of drug-likeness (QED) is 0.324. The van der Waals surface area contributed by atoms with Crippen LogP contribution in [0.25, 0.3) is 11.1 Å². The molecule has 1 unspecified atom stereocenters. The third-order valence-corrected chi connectivity index (χ3v) is 7.42. The topological polar surface area (TPSA) is 56.7 Å². The van der Waals surface area contributed by atoms with Crippen molar-refractivity contribution in [3.63, 3.8) is 0 Å². The number of hydrogen-bond acceptors (Lipinski definition) is 4. The Kier molecular flexibility index (Phi) is 8.10. The number of hydrogen-bond donors (Lipinski definition) is 1. The zero-order chi connectivity index (χ0) is 30.3. The van der Waals surface area contributed by atoms with Crippen molar-refractivity contribution >= 4 is 17.4 Å². The van der Waals surface area contributed by atoms with Gasteiger partial charge in [-0.05, 0) is 74.2 Å². The van der Waals surface area contributed by atoms with E-state index < -0.39 is 46.2 Å². The molecule has 0 saturated carbocycles. The van der Waals surface area contributed by atoms with Crippen LogP contribution in [-0.4, -0.2) is 42.2 Å². The maximum Gasteiger partial charge on any atom is 0.416 e. The van der Waals surface area contributed by atoms with E-state index in [1.54, 1.807) is 6.07 Å². The van der Waals surface area contributed by atoms with Crippen molar-refractivity contribution in [3.8, 4) is 11.1 Å². The summed E-state index contributed by atoms with van der Waals surface area (Å²) in [4.78, 5) is 21.3. The Labute approximate surface area is 232 Å². The maximum absolute atomic E-state index is 13.8. The molecule has 2 aromatic carbocycles. The molecular formula is C29H28F7N3O2. The van der Waals surface area contributed by atoms with Crippen LogP contribution in [0.15, 0.2) is 54.7 Å². The summed E-state index contributed by atoms with van der Waals surface area (Å²) in [5.74, 6) is -0.797. The number of anilines is 2. The Morgan fingerprint density at radius 3 is 2.07 bits per heavy atom. The van der Waals surface area contributed by atoms with Crippen molar-refractivity contribution < 1.29 is 40.6 Å². The molecule has 12 heteroatoms. The lowest BCUT2D eigenvalue weighted by Crippen LogP contribution is -2.42. The van der Waals surface area contributed by atoms with Gasteiger partial charge in [0.2, 0.25) is 5.91 Å². The summed E-state index contributed by atoms with van der Waals surface area (Å²) in [6, 6.07) is 8.01. The van der Waals surface area contributed by atoms with E-state index in [0.717, 1.165) is 17.7 Å². The van der Waals surface area contributed by atoms with Gasteiger partial charge >= 0.3 is 12.4 Å². The molecule has 5 nitrogen and oxygen atoms in total. The number of benzene rings is 2. The summed E-state index contributed by atoms with van der Waals surface area (Å²) in [6.45, 7) is 3.02. The normalized spacial score (nSPS) is 16.3. The first-order chi connectivity index (χ1) is 19.0. The molecule has 1 aliphatic heterocycles. The average molecular weight is 584 g/mol. The molecule has 4 rings (SSSR count). The highest BCUT2D eigenvalue weighted by Crippen LogP contribution is 2.41. The van der Waals surface area contributed by atoms with Crippen molar-refractivity contribution in [2.45, 2.75) is 50.5 Å². The molecule has 1 aliphatic rings. The number of pyridine rings is 1. The van der Waals surface area contributed by atoms with Crippen LogP contribution in [0, 0.1) is 5.82 Å². The molecule has 0 spiro atoms. The Balaban J connectivity index is 1.80.